The first kappa shape index (κ1) is 11.3. The Bertz CT molecular complexity index is 377. The van der Waals surface area contributed by atoms with Gasteiger partial charge in [0.15, 0.2) is 0 Å². The maximum atomic E-state index is 4.80. The minimum Gasteiger partial charge on any atom is -0.332 e. The van der Waals surface area contributed by atoms with Gasteiger partial charge in [0.25, 0.3) is 0 Å². The molecular formula is C14H23N3. The molecule has 2 aliphatic heterocycles. The number of rotatable bonds is 3. The third kappa shape index (κ3) is 2.39. The number of aryl methyl sites for hydroxylation is 1. The van der Waals surface area contributed by atoms with E-state index in [-0.39, 0.29) is 0 Å². The normalized spacial score (nSPS) is 25.1. The van der Waals surface area contributed by atoms with Crippen molar-refractivity contribution < 1.29 is 0 Å². The zero-order valence-electron chi connectivity index (χ0n) is 10.9. The van der Waals surface area contributed by atoms with Crippen LogP contribution in [0.25, 0.3) is 0 Å². The smallest absolute Gasteiger partial charge is 0.109 e. The van der Waals surface area contributed by atoms with E-state index in [0.29, 0.717) is 6.04 Å². The molecule has 0 aromatic carbocycles. The summed E-state index contributed by atoms with van der Waals surface area (Å²) >= 11 is 0. The van der Waals surface area contributed by atoms with Crippen LogP contribution in [0.1, 0.15) is 50.2 Å². The van der Waals surface area contributed by atoms with Gasteiger partial charge < -0.3 is 9.47 Å². The van der Waals surface area contributed by atoms with Gasteiger partial charge in [0, 0.05) is 31.6 Å². The Morgan fingerprint density at radius 2 is 2.12 bits per heavy atom. The Hall–Kier alpha value is -0.830. The number of hydrogen-bond acceptors (Lipinski definition) is 2. The zero-order chi connectivity index (χ0) is 11.7. The predicted molar refractivity (Wildman–Crippen MR) is 69.3 cm³/mol. The van der Waals surface area contributed by atoms with E-state index >= 15 is 0 Å². The molecule has 1 atom stereocenters. The molecule has 1 aromatic heterocycles. The second kappa shape index (κ2) is 4.81. The molecule has 3 heterocycles. The number of imidazole rings is 1. The summed E-state index contributed by atoms with van der Waals surface area (Å²) in [6.45, 7) is 6.10. The first-order valence-corrected chi connectivity index (χ1v) is 7.12. The third-order valence-electron chi connectivity index (χ3n) is 4.24. The van der Waals surface area contributed by atoms with E-state index in [9.17, 15) is 0 Å². The van der Waals surface area contributed by atoms with Gasteiger partial charge in [0.2, 0.25) is 0 Å². The van der Waals surface area contributed by atoms with Crippen LogP contribution in [0.5, 0.6) is 0 Å². The topological polar surface area (TPSA) is 21.1 Å². The fourth-order valence-corrected chi connectivity index (χ4v) is 3.15. The summed E-state index contributed by atoms with van der Waals surface area (Å²) in [5.41, 5.74) is 1.31. The molecule has 0 N–H and O–H groups in total. The summed E-state index contributed by atoms with van der Waals surface area (Å²) in [6.07, 6.45) is 10.0. The first-order chi connectivity index (χ1) is 8.33. The Labute approximate surface area is 104 Å². The summed E-state index contributed by atoms with van der Waals surface area (Å²) in [5, 5.41) is 0. The Morgan fingerprint density at radius 1 is 1.29 bits per heavy atom. The number of likely N-dealkylation sites (tertiary alicyclic amines) is 1. The Kier molecular flexibility index (Phi) is 3.19. The van der Waals surface area contributed by atoms with E-state index in [1.807, 2.05) is 0 Å². The van der Waals surface area contributed by atoms with Crippen LogP contribution in [-0.2, 0) is 12.8 Å². The van der Waals surface area contributed by atoms with Crippen molar-refractivity contribution >= 4 is 0 Å². The Morgan fingerprint density at radius 3 is 2.88 bits per heavy atom. The average molecular weight is 233 g/mol. The number of hydrogen-bond donors (Lipinski definition) is 0. The fourth-order valence-electron chi connectivity index (χ4n) is 3.15. The van der Waals surface area contributed by atoms with Gasteiger partial charge in [0.05, 0.1) is 5.69 Å². The first-order valence-electron chi connectivity index (χ1n) is 7.12. The van der Waals surface area contributed by atoms with Crippen molar-refractivity contribution in [1.29, 1.82) is 0 Å². The average Bonchev–Trinajstić information content (AvgIpc) is 2.95. The molecule has 1 saturated heterocycles. The van der Waals surface area contributed by atoms with E-state index < -0.39 is 0 Å². The van der Waals surface area contributed by atoms with Crippen molar-refractivity contribution in [2.75, 3.05) is 19.6 Å². The molecular weight excluding hydrogens is 210 g/mol. The van der Waals surface area contributed by atoms with Crippen molar-refractivity contribution in [3.63, 3.8) is 0 Å². The third-order valence-corrected chi connectivity index (χ3v) is 4.24. The lowest BCUT2D eigenvalue weighted by Gasteiger charge is -2.20. The van der Waals surface area contributed by atoms with Crippen molar-refractivity contribution in [2.45, 2.75) is 51.5 Å². The number of aromatic nitrogens is 2. The van der Waals surface area contributed by atoms with Gasteiger partial charge in [-0.15, -0.1) is 0 Å². The Balaban J connectivity index is 1.63. The lowest BCUT2D eigenvalue weighted by Crippen LogP contribution is -2.22. The molecule has 17 heavy (non-hydrogen) atoms. The van der Waals surface area contributed by atoms with Gasteiger partial charge in [0.1, 0.15) is 5.82 Å². The maximum Gasteiger partial charge on any atom is 0.109 e. The number of nitrogens with zero attached hydrogens (tertiary/aromatic N) is 3. The highest BCUT2D eigenvalue weighted by atomic mass is 15.1. The molecule has 1 fully saturated rings. The molecule has 0 saturated carbocycles. The molecule has 3 rings (SSSR count). The van der Waals surface area contributed by atoms with E-state index in [1.54, 1.807) is 0 Å². The molecule has 0 spiro atoms. The van der Waals surface area contributed by atoms with E-state index in [1.165, 1.54) is 63.3 Å². The SMILES string of the molecule is CC1CCCc2nc(CCN3CCCC3)cn21. The molecule has 0 radical (unpaired) electrons. The van der Waals surface area contributed by atoms with Gasteiger partial charge in [-0.3, -0.25) is 0 Å². The largest absolute Gasteiger partial charge is 0.332 e. The molecule has 2 aliphatic rings. The van der Waals surface area contributed by atoms with Crippen LogP contribution in [0.4, 0.5) is 0 Å². The standard InChI is InChI=1S/C14H23N3/c1-12-5-4-6-14-15-13(11-17(12)14)7-10-16-8-2-3-9-16/h11-12H,2-10H2,1H3. The lowest BCUT2D eigenvalue weighted by atomic mass is 10.1. The molecule has 0 amide bonds. The summed E-state index contributed by atoms with van der Waals surface area (Å²) in [7, 11) is 0. The van der Waals surface area contributed by atoms with Crippen LogP contribution < -0.4 is 0 Å². The predicted octanol–water partition coefficient (Wildman–Crippen LogP) is 2.42. The fraction of sp³-hybridized carbons (Fsp3) is 0.786. The summed E-state index contributed by atoms with van der Waals surface area (Å²) < 4.78 is 2.41. The van der Waals surface area contributed by atoms with Crippen LogP contribution in [0.3, 0.4) is 0 Å². The molecule has 0 bridgehead atoms. The van der Waals surface area contributed by atoms with Gasteiger partial charge in [-0.25, -0.2) is 4.98 Å². The van der Waals surface area contributed by atoms with Gasteiger partial charge in [-0.2, -0.15) is 0 Å². The minimum absolute atomic E-state index is 0.659. The lowest BCUT2D eigenvalue weighted by molar-refractivity contribution is 0.342. The van der Waals surface area contributed by atoms with Crippen LogP contribution in [0.15, 0.2) is 6.20 Å². The van der Waals surface area contributed by atoms with Crippen LogP contribution in [-0.4, -0.2) is 34.1 Å². The van der Waals surface area contributed by atoms with Crippen LogP contribution in [0, 0.1) is 0 Å². The summed E-state index contributed by atoms with van der Waals surface area (Å²) in [5.74, 6) is 1.32. The van der Waals surface area contributed by atoms with Gasteiger partial charge >= 0.3 is 0 Å². The van der Waals surface area contributed by atoms with E-state index in [2.05, 4.69) is 22.6 Å². The molecule has 1 aromatic rings. The molecule has 0 aliphatic carbocycles. The van der Waals surface area contributed by atoms with E-state index in [4.69, 9.17) is 4.98 Å². The highest BCUT2D eigenvalue weighted by molar-refractivity contribution is 5.08. The van der Waals surface area contributed by atoms with Crippen molar-refractivity contribution in [1.82, 2.24) is 14.5 Å². The van der Waals surface area contributed by atoms with Crippen LogP contribution in [0.2, 0.25) is 0 Å². The second-order valence-electron chi connectivity index (χ2n) is 5.60. The van der Waals surface area contributed by atoms with E-state index in [0.717, 1.165) is 6.42 Å². The minimum atomic E-state index is 0.659. The number of fused-ring (bicyclic) bond motifs is 1. The summed E-state index contributed by atoms with van der Waals surface area (Å²) in [6, 6.07) is 0.659. The second-order valence-corrected chi connectivity index (χ2v) is 5.60. The molecule has 1 unspecified atom stereocenters. The van der Waals surface area contributed by atoms with Gasteiger partial charge in [-0.1, -0.05) is 0 Å². The van der Waals surface area contributed by atoms with Crippen molar-refractivity contribution in [2.24, 2.45) is 0 Å². The monoisotopic (exact) mass is 233 g/mol. The van der Waals surface area contributed by atoms with Crippen molar-refractivity contribution in [3.05, 3.63) is 17.7 Å². The molecule has 94 valence electrons. The highest BCUT2D eigenvalue weighted by Gasteiger charge is 2.18. The quantitative estimate of drug-likeness (QED) is 0.799. The summed E-state index contributed by atoms with van der Waals surface area (Å²) in [4.78, 5) is 7.37. The van der Waals surface area contributed by atoms with Crippen LogP contribution >= 0.6 is 0 Å². The maximum absolute atomic E-state index is 4.80. The zero-order valence-corrected chi connectivity index (χ0v) is 10.9. The highest BCUT2D eigenvalue weighted by Crippen LogP contribution is 2.24. The molecule has 3 nitrogen and oxygen atoms in total. The van der Waals surface area contributed by atoms with Gasteiger partial charge in [-0.05, 0) is 45.7 Å². The molecule has 3 heteroatoms. The van der Waals surface area contributed by atoms with Crippen molar-refractivity contribution in [3.8, 4) is 0 Å².